The smallest absolute Gasteiger partial charge is 0.137 e. The van der Waals surface area contributed by atoms with Crippen LogP contribution in [0.15, 0.2) is 41.4 Å². The molecule has 1 aromatic carbocycles. The Morgan fingerprint density at radius 3 is 2.40 bits per heavy atom. The largest absolute Gasteiger partial charge is 0.243 e. The summed E-state index contributed by atoms with van der Waals surface area (Å²) in [5, 5.41) is 4.18. The van der Waals surface area contributed by atoms with Crippen LogP contribution in [0.4, 0.5) is 0 Å². The Balaban J connectivity index is 2.41. The third-order valence-corrected chi connectivity index (χ3v) is 3.07. The number of aromatic nitrogens is 3. The van der Waals surface area contributed by atoms with E-state index < -0.39 is 0 Å². The van der Waals surface area contributed by atoms with E-state index in [9.17, 15) is 0 Å². The number of hydrogen-bond donors (Lipinski definition) is 0. The zero-order valence-corrected chi connectivity index (χ0v) is 10.3. The second-order valence-corrected chi connectivity index (χ2v) is 4.82. The molecule has 0 fully saturated rings. The third-order valence-electron chi connectivity index (χ3n) is 2.54. The Labute approximate surface area is 97.3 Å². The van der Waals surface area contributed by atoms with Gasteiger partial charge in [-0.15, -0.1) is 0 Å². The van der Waals surface area contributed by atoms with Gasteiger partial charge in [-0.25, -0.2) is 9.67 Å². The highest BCUT2D eigenvalue weighted by Crippen LogP contribution is 2.25. The van der Waals surface area contributed by atoms with Gasteiger partial charge in [0, 0.05) is 4.47 Å². The van der Waals surface area contributed by atoms with Crippen LogP contribution in [0.1, 0.15) is 19.4 Å². The maximum absolute atomic E-state index is 4.18. The number of benzene rings is 1. The van der Waals surface area contributed by atoms with E-state index in [1.165, 1.54) is 5.56 Å². The zero-order valence-electron chi connectivity index (χ0n) is 8.68. The van der Waals surface area contributed by atoms with Crippen LogP contribution >= 0.6 is 15.9 Å². The van der Waals surface area contributed by atoms with Crippen molar-refractivity contribution in [3.05, 3.63) is 47.0 Å². The fourth-order valence-electron chi connectivity index (χ4n) is 1.49. The minimum Gasteiger partial charge on any atom is -0.243 e. The first kappa shape index (κ1) is 10.4. The van der Waals surface area contributed by atoms with Crippen molar-refractivity contribution in [2.24, 2.45) is 0 Å². The first-order valence-electron chi connectivity index (χ1n) is 4.72. The molecule has 0 unspecified atom stereocenters. The van der Waals surface area contributed by atoms with E-state index in [4.69, 9.17) is 0 Å². The van der Waals surface area contributed by atoms with Crippen LogP contribution in [0, 0.1) is 0 Å². The standard InChI is InChI=1S/C11H12BrN3/c1-11(2,15-8-13-7-14-15)9-3-5-10(12)6-4-9/h3-8H,1-2H3. The highest BCUT2D eigenvalue weighted by molar-refractivity contribution is 9.10. The molecule has 0 radical (unpaired) electrons. The summed E-state index contributed by atoms with van der Waals surface area (Å²) in [6, 6.07) is 8.25. The average Bonchev–Trinajstić information content (AvgIpc) is 2.71. The van der Waals surface area contributed by atoms with Crippen LogP contribution in [0.25, 0.3) is 0 Å². The molecule has 3 nitrogen and oxygen atoms in total. The second-order valence-electron chi connectivity index (χ2n) is 3.91. The third kappa shape index (κ3) is 1.95. The highest BCUT2D eigenvalue weighted by atomic mass is 79.9. The van der Waals surface area contributed by atoms with Crippen molar-refractivity contribution in [3.63, 3.8) is 0 Å². The number of hydrogen-bond acceptors (Lipinski definition) is 2. The maximum atomic E-state index is 4.18. The maximum Gasteiger partial charge on any atom is 0.137 e. The van der Waals surface area contributed by atoms with Gasteiger partial charge in [-0.05, 0) is 31.5 Å². The molecule has 78 valence electrons. The van der Waals surface area contributed by atoms with Crippen LogP contribution in [-0.4, -0.2) is 14.8 Å². The first-order valence-corrected chi connectivity index (χ1v) is 5.51. The summed E-state index contributed by atoms with van der Waals surface area (Å²) in [4.78, 5) is 3.97. The summed E-state index contributed by atoms with van der Waals surface area (Å²) in [5.41, 5.74) is 1.04. The summed E-state index contributed by atoms with van der Waals surface area (Å²) in [6.45, 7) is 4.23. The summed E-state index contributed by atoms with van der Waals surface area (Å²) in [6.07, 6.45) is 3.29. The molecule has 0 bridgehead atoms. The van der Waals surface area contributed by atoms with Gasteiger partial charge in [0.15, 0.2) is 0 Å². The molecule has 0 saturated heterocycles. The van der Waals surface area contributed by atoms with Crippen molar-refractivity contribution in [2.75, 3.05) is 0 Å². The molecule has 0 atom stereocenters. The lowest BCUT2D eigenvalue weighted by molar-refractivity contribution is 0.389. The second kappa shape index (κ2) is 3.77. The molecule has 0 aliphatic heterocycles. The van der Waals surface area contributed by atoms with E-state index in [2.05, 4.69) is 52.0 Å². The molecular weight excluding hydrogens is 254 g/mol. The van der Waals surface area contributed by atoms with Crippen LogP contribution in [-0.2, 0) is 5.54 Å². The van der Waals surface area contributed by atoms with Crippen molar-refractivity contribution < 1.29 is 0 Å². The molecular formula is C11H12BrN3. The fraction of sp³-hybridized carbons (Fsp3) is 0.273. The summed E-state index contributed by atoms with van der Waals surface area (Å²) in [5.74, 6) is 0. The zero-order chi connectivity index (χ0) is 10.9. The monoisotopic (exact) mass is 265 g/mol. The van der Waals surface area contributed by atoms with E-state index >= 15 is 0 Å². The van der Waals surface area contributed by atoms with Crippen LogP contribution < -0.4 is 0 Å². The number of halogens is 1. The minimum atomic E-state index is -0.169. The van der Waals surface area contributed by atoms with Crippen molar-refractivity contribution >= 4 is 15.9 Å². The van der Waals surface area contributed by atoms with Crippen LogP contribution in [0.2, 0.25) is 0 Å². The summed E-state index contributed by atoms with van der Waals surface area (Å²) >= 11 is 3.43. The van der Waals surface area contributed by atoms with Gasteiger partial charge in [-0.2, -0.15) is 5.10 Å². The molecule has 0 amide bonds. The molecule has 4 heteroatoms. The van der Waals surface area contributed by atoms with Gasteiger partial charge < -0.3 is 0 Å². The van der Waals surface area contributed by atoms with E-state index in [0.717, 1.165) is 4.47 Å². The minimum absolute atomic E-state index is 0.169. The van der Waals surface area contributed by atoms with Crippen molar-refractivity contribution in [3.8, 4) is 0 Å². The topological polar surface area (TPSA) is 30.7 Å². The molecule has 0 aliphatic rings. The lowest BCUT2D eigenvalue weighted by Gasteiger charge is -2.25. The average molecular weight is 266 g/mol. The van der Waals surface area contributed by atoms with E-state index in [1.54, 1.807) is 12.7 Å². The van der Waals surface area contributed by atoms with Crippen molar-refractivity contribution in [1.29, 1.82) is 0 Å². The molecule has 15 heavy (non-hydrogen) atoms. The fourth-order valence-corrected chi connectivity index (χ4v) is 1.75. The van der Waals surface area contributed by atoms with Gasteiger partial charge in [-0.3, -0.25) is 0 Å². The normalized spacial score (nSPS) is 11.7. The van der Waals surface area contributed by atoms with Crippen molar-refractivity contribution in [1.82, 2.24) is 14.8 Å². The molecule has 2 aromatic rings. The Kier molecular flexibility index (Phi) is 2.61. The van der Waals surface area contributed by atoms with Gasteiger partial charge >= 0.3 is 0 Å². The molecule has 1 aromatic heterocycles. The number of nitrogens with zero attached hydrogens (tertiary/aromatic N) is 3. The Hall–Kier alpha value is -1.16. The summed E-state index contributed by atoms with van der Waals surface area (Å²) in [7, 11) is 0. The summed E-state index contributed by atoms with van der Waals surface area (Å²) < 4.78 is 2.94. The molecule has 2 rings (SSSR count). The van der Waals surface area contributed by atoms with Gasteiger partial charge in [-0.1, -0.05) is 28.1 Å². The predicted molar refractivity (Wildman–Crippen MR) is 62.6 cm³/mol. The Bertz CT molecular complexity index is 431. The molecule has 0 spiro atoms. The highest BCUT2D eigenvalue weighted by Gasteiger charge is 2.22. The van der Waals surface area contributed by atoms with E-state index in [0.29, 0.717) is 0 Å². The van der Waals surface area contributed by atoms with Gasteiger partial charge in [0.05, 0.1) is 5.54 Å². The van der Waals surface area contributed by atoms with E-state index in [1.807, 2.05) is 16.8 Å². The van der Waals surface area contributed by atoms with E-state index in [-0.39, 0.29) is 5.54 Å². The van der Waals surface area contributed by atoms with Crippen molar-refractivity contribution in [2.45, 2.75) is 19.4 Å². The molecule has 0 aliphatic carbocycles. The molecule has 0 saturated carbocycles. The van der Waals surface area contributed by atoms with Crippen LogP contribution in [0.5, 0.6) is 0 Å². The lowest BCUT2D eigenvalue weighted by Crippen LogP contribution is -2.28. The Morgan fingerprint density at radius 2 is 1.87 bits per heavy atom. The van der Waals surface area contributed by atoms with Gasteiger partial charge in [0.2, 0.25) is 0 Å². The first-order chi connectivity index (χ1) is 7.10. The molecule has 0 N–H and O–H groups in total. The van der Waals surface area contributed by atoms with Gasteiger partial charge in [0.25, 0.3) is 0 Å². The quantitative estimate of drug-likeness (QED) is 0.836. The number of rotatable bonds is 2. The SMILES string of the molecule is CC(C)(c1ccc(Br)cc1)n1cncn1. The molecule has 1 heterocycles. The van der Waals surface area contributed by atoms with Crippen LogP contribution in [0.3, 0.4) is 0 Å². The lowest BCUT2D eigenvalue weighted by atomic mass is 9.95. The predicted octanol–water partition coefficient (Wildman–Crippen LogP) is 2.82. The Morgan fingerprint density at radius 1 is 1.20 bits per heavy atom. The van der Waals surface area contributed by atoms with Gasteiger partial charge in [0.1, 0.15) is 12.7 Å².